The first-order chi connectivity index (χ1) is 12.3. The van der Waals surface area contributed by atoms with Gasteiger partial charge in [-0.15, -0.1) is 0 Å². The van der Waals surface area contributed by atoms with Gasteiger partial charge in [-0.25, -0.2) is 0 Å². The number of benzene rings is 1. The second kappa shape index (κ2) is 15.2. The van der Waals surface area contributed by atoms with E-state index in [4.69, 9.17) is 5.73 Å². The summed E-state index contributed by atoms with van der Waals surface area (Å²) in [5, 5.41) is 0. The van der Waals surface area contributed by atoms with Crippen LogP contribution in [-0.2, 0) is 16.5 Å². The zero-order valence-electron chi connectivity index (χ0n) is 16.9. The molecule has 26 heavy (non-hydrogen) atoms. The molecular formula is C21H39NO3S. The van der Waals surface area contributed by atoms with Gasteiger partial charge < -0.3 is 5.73 Å². The summed E-state index contributed by atoms with van der Waals surface area (Å²) in [6.07, 6.45) is 13.3. The van der Waals surface area contributed by atoms with Gasteiger partial charge in [-0.1, -0.05) is 96.8 Å². The van der Waals surface area contributed by atoms with Crippen LogP contribution in [0, 0.1) is 0 Å². The summed E-state index contributed by atoms with van der Waals surface area (Å²) < 4.78 is 31.8. The normalized spacial score (nSPS) is 11.3. The molecule has 0 unspecified atom stereocenters. The summed E-state index contributed by atoms with van der Waals surface area (Å²) in [7, 11) is -4.10. The van der Waals surface area contributed by atoms with Crippen LogP contribution in [0.1, 0.15) is 90.5 Å². The molecule has 1 aromatic rings. The molecule has 0 heterocycles. The first-order valence-corrected chi connectivity index (χ1v) is 11.5. The van der Waals surface area contributed by atoms with E-state index in [0.29, 0.717) is 12.5 Å². The molecule has 3 N–H and O–H groups in total. The number of aryl methyl sites for hydroxylation is 1. The third kappa shape index (κ3) is 14.3. The van der Waals surface area contributed by atoms with Gasteiger partial charge in [0.05, 0.1) is 4.90 Å². The van der Waals surface area contributed by atoms with Gasteiger partial charge in [-0.3, -0.25) is 4.55 Å². The molecule has 0 aromatic heterocycles. The Hall–Kier alpha value is -0.910. The van der Waals surface area contributed by atoms with Gasteiger partial charge in [0.25, 0.3) is 10.1 Å². The highest BCUT2D eigenvalue weighted by Crippen LogP contribution is 2.18. The molecule has 0 atom stereocenters. The molecule has 0 saturated heterocycles. The number of unbranched alkanes of at least 4 members (excludes halogenated alkanes) is 9. The standard InChI is InChI=1S/C18H30O3S.C3H9N/c1-2-3-4-5-6-7-8-9-10-11-14-17-15-12-13-16-18(17)22(19,20)21;1-3(2)4/h12-13,15-16H,2-11,14H2,1H3,(H,19,20,21);3H,4H2,1-2H3. The van der Waals surface area contributed by atoms with Crippen molar-refractivity contribution in [3.63, 3.8) is 0 Å². The van der Waals surface area contributed by atoms with Gasteiger partial charge in [0, 0.05) is 0 Å². The highest BCUT2D eigenvalue weighted by molar-refractivity contribution is 7.85. The van der Waals surface area contributed by atoms with Gasteiger partial charge >= 0.3 is 0 Å². The third-order valence-corrected chi connectivity index (χ3v) is 5.00. The van der Waals surface area contributed by atoms with E-state index in [0.717, 1.165) is 18.4 Å². The lowest BCUT2D eigenvalue weighted by molar-refractivity contribution is 0.481. The number of hydrogen-bond donors (Lipinski definition) is 2. The van der Waals surface area contributed by atoms with E-state index in [1.807, 2.05) is 19.9 Å². The van der Waals surface area contributed by atoms with Crippen molar-refractivity contribution in [1.82, 2.24) is 0 Å². The Morgan fingerprint density at radius 2 is 1.31 bits per heavy atom. The van der Waals surface area contributed by atoms with Crippen molar-refractivity contribution in [3.8, 4) is 0 Å². The van der Waals surface area contributed by atoms with E-state index < -0.39 is 10.1 Å². The Morgan fingerprint density at radius 3 is 1.77 bits per heavy atom. The molecule has 1 aromatic carbocycles. The van der Waals surface area contributed by atoms with E-state index in [2.05, 4.69) is 6.92 Å². The van der Waals surface area contributed by atoms with Gasteiger partial charge in [-0.05, 0) is 30.5 Å². The number of nitrogens with two attached hydrogens (primary N) is 1. The van der Waals surface area contributed by atoms with Gasteiger partial charge in [0.15, 0.2) is 0 Å². The van der Waals surface area contributed by atoms with Crippen molar-refractivity contribution >= 4 is 10.1 Å². The van der Waals surface area contributed by atoms with Crippen molar-refractivity contribution in [3.05, 3.63) is 29.8 Å². The summed E-state index contributed by atoms with van der Waals surface area (Å²) in [4.78, 5) is 0.0610. The first-order valence-electron chi connectivity index (χ1n) is 10.1. The predicted octanol–water partition coefficient (Wildman–Crippen LogP) is 5.75. The molecule has 0 bridgehead atoms. The Balaban J connectivity index is 0.00000141. The molecule has 0 spiro atoms. The molecule has 0 amide bonds. The quantitative estimate of drug-likeness (QED) is 0.354. The molecule has 0 aliphatic carbocycles. The fraction of sp³-hybridized carbons (Fsp3) is 0.714. The summed E-state index contributed by atoms with van der Waals surface area (Å²) in [6, 6.07) is 7.06. The van der Waals surface area contributed by atoms with Crippen molar-refractivity contribution < 1.29 is 13.0 Å². The van der Waals surface area contributed by atoms with E-state index in [-0.39, 0.29) is 4.90 Å². The highest BCUT2D eigenvalue weighted by atomic mass is 32.2. The maximum Gasteiger partial charge on any atom is 0.294 e. The monoisotopic (exact) mass is 385 g/mol. The van der Waals surface area contributed by atoms with E-state index >= 15 is 0 Å². The molecule has 0 aliphatic rings. The highest BCUT2D eigenvalue weighted by Gasteiger charge is 2.13. The Morgan fingerprint density at radius 1 is 0.885 bits per heavy atom. The molecule has 0 fully saturated rings. The van der Waals surface area contributed by atoms with Gasteiger partial charge in [0.1, 0.15) is 0 Å². The Kier molecular flexibility index (Phi) is 14.6. The molecule has 5 heteroatoms. The van der Waals surface area contributed by atoms with Crippen LogP contribution in [-0.4, -0.2) is 19.0 Å². The smallest absolute Gasteiger partial charge is 0.294 e. The summed E-state index contributed by atoms with van der Waals surface area (Å²) in [5.41, 5.74) is 5.84. The van der Waals surface area contributed by atoms with Gasteiger partial charge in [-0.2, -0.15) is 8.42 Å². The SMILES string of the molecule is CC(C)N.CCCCCCCCCCCCc1ccccc1S(=O)(=O)O. The first kappa shape index (κ1) is 25.1. The average Bonchev–Trinajstić information content (AvgIpc) is 2.55. The minimum atomic E-state index is -4.10. The molecular weight excluding hydrogens is 346 g/mol. The maximum absolute atomic E-state index is 11.3. The second-order valence-electron chi connectivity index (χ2n) is 7.26. The zero-order chi connectivity index (χ0) is 19.8. The Bertz CT molecular complexity index is 553. The fourth-order valence-corrected chi connectivity index (χ4v) is 3.52. The van der Waals surface area contributed by atoms with Crippen LogP contribution in [0.2, 0.25) is 0 Å². The lowest BCUT2D eigenvalue weighted by Crippen LogP contribution is -2.06. The number of hydrogen-bond acceptors (Lipinski definition) is 3. The largest absolute Gasteiger partial charge is 0.328 e. The van der Waals surface area contributed by atoms with Crippen molar-refractivity contribution in [1.29, 1.82) is 0 Å². The maximum atomic E-state index is 11.3. The zero-order valence-corrected chi connectivity index (χ0v) is 17.7. The lowest BCUT2D eigenvalue weighted by atomic mass is 10.0. The molecule has 0 aliphatic heterocycles. The molecule has 152 valence electrons. The fourth-order valence-electron chi connectivity index (χ4n) is 2.76. The topological polar surface area (TPSA) is 80.4 Å². The van der Waals surface area contributed by atoms with Crippen molar-refractivity contribution in [2.24, 2.45) is 5.73 Å². The van der Waals surface area contributed by atoms with Crippen LogP contribution >= 0.6 is 0 Å². The Labute approximate surface area is 161 Å². The summed E-state index contributed by atoms with van der Waals surface area (Å²) in [5.74, 6) is 0. The van der Waals surface area contributed by atoms with Crippen molar-refractivity contribution in [2.45, 2.75) is 102 Å². The third-order valence-electron chi connectivity index (χ3n) is 4.05. The van der Waals surface area contributed by atoms with Crippen LogP contribution in [0.25, 0.3) is 0 Å². The minimum absolute atomic E-state index is 0.0610. The number of rotatable bonds is 12. The van der Waals surface area contributed by atoms with Crippen LogP contribution in [0.3, 0.4) is 0 Å². The van der Waals surface area contributed by atoms with Crippen LogP contribution in [0.4, 0.5) is 0 Å². The van der Waals surface area contributed by atoms with Crippen LogP contribution in [0.5, 0.6) is 0 Å². The average molecular weight is 386 g/mol. The van der Waals surface area contributed by atoms with Crippen molar-refractivity contribution in [2.75, 3.05) is 0 Å². The molecule has 1 rings (SSSR count). The molecule has 0 radical (unpaired) electrons. The second-order valence-corrected chi connectivity index (χ2v) is 8.65. The van der Waals surface area contributed by atoms with E-state index in [9.17, 15) is 13.0 Å². The minimum Gasteiger partial charge on any atom is -0.328 e. The summed E-state index contributed by atoms with van der Waals surface area (Å²) >= 11 is 0. The van der Waals surface area contributed by atoms with E-state index in [1.165, 1.54) is 57.4 Å². The lowest BCUT2D eigenvalue weighted by Gasteiger charge is -2.07. The molecule has 0 saturated carbocycles. The summed E-state index contributed by atoms with van der Waals surface area (Å²) in [6.45, 7) is 6.13. The van der Waals surface area contributed by atoms with E-state index in [1.54, 1.807) is 12.1 Å². The van der Waals surface area contributed by atoms with Crippen LogP contribution < -0.4 is 5.73 Å². The predicted molar refractivity (Wildman–Crippen MR) is 111 cm³/mol. The molecule has 4 nitrogen and oxygen atoms in total. The van der Waals surface area contributed by atoms with Gasteiger partial charge in [0.2, 0.25) is 0 Å². The van der Waals surface area contributed by atoms with Crippen LogP contribution in [0.15, 0.2) is 29.2 Å².